The SMILES string of the molecule is CN(C(=O)OC(C)(C)C)[C@](C)(N)C(=O)O. The average molecular weight is 218 g/mol. The number of carboxylic acids is 1. The van der Waals surface area contributed by atoms with Gasteiger partial charge in [-0.05, 0) is 27.7 Å². The van der Waals surface area contributed by atoms with Gasteiger partial charge < -0.3 is 9.84 Å². The second-order valence-electron chi connectivity index (χ2n) is 4.49. The van der Waals surface area contributed by atoms with Crippen LogP contribution in [0.3, 0.4) is 0 Å². The van der Waals surface area contributed by atoms with Crippen LogP contribution >= 0.6 is 0 Å². The van der Waals surface area contributed by atoms with Crippen molar-refractivity contribution in [2.45, 2.75) is 39.0 Å². The molecule has 1 amide bonds. The van der Waals surface area contributed by atoms with Gasteiger partial charge in [0.1, 0.15) is 5.60 Å². The van der Waals surface area contributed by atoms with Gasteiger partial charge in [0.15, 0.2) is 5.66 Å². The molecule has 0 fully saturated rings. The van der Waals surface area contributed by atoms with E-state index in [0.717, 1.165) is 4.90 Å². The maximum Gasteiger partial charge on any atom is 0.411 e. The van der Waals surface area contributed by atoms with E-state index in [2.05, 4.69) is 0 Å². The highest BCUT2D eigenvalue weighted by Gasteiger charge is 2.38. The minimum atomic E-state index is -1.78. The van der Waals surface area contributed by atoms with Crippen LogP contribution in [0.2, 0.25) is 0 Å². The molecule has 1 atom stereocenters. The number of hydrogen-bond donors (Lipinski definition) is 2. The predicted molar refractivity (Wildman–Crippen MR) is 54.2 cm³/mol. The van der Waals surface area contributed by atoms with E-state index >= 15 is 0 Å². The van der Waals surface area contributed by atoms with Crippen LogP contribution in [0.5, 0.6) is 0 Å². The van der Waals surface area contributed by atoms with Gasteiger partial charge in [0.2, 0.25) is 0 Å². The zero-order valence-electron chi connectivity index (χ0n) is 9.70. The molecule has 6 nitrogen and oxygen atoms in total. The normalized spacial score (nSPS) is 15.3. The van der Waals surface area contributed by atoms with Crippen LogP contribution in [0.15, 0.2) is 0 Å². The van der Waals surface area contributed by atoms with E-state index in [9.17, 15) is 9.59 Å². The van der Waals surface area contributed by atoms with Crippen molar-refractivity contribution in [1.29, 1.82) is 0 Å². The number of aliphatic carboxylic acids is 1. The van der Waals surface area contributed by atoms with E-state index in [0.29, 0.717) is 0 Å². The van der Waals surface area contributed by atoms with E-state index < -0.39 is 23.3 Å². The smallest absolute Gasteiger partial charge is 0.411 e. The summed E-state index contributed by atoms with van der Waals surface area (Å²) in [6, 6.07) is 0. The Morgan fingerprint density at radius 3 is 1.93 bits per heavy atom. The van der Waals surface area contributed by atoms with E-state index in [1.165, 1.54) is 14.0 Å². The summed E-state index contributed by atoms with van der Waals surface area (Å²) in [4.78, 5) is 23.1. The largest absolute Gasteiger partial charge is 0.478 e. The molecule has 0 bridgehead atoms. The van der Waals surface area contributed by atoms with Crippen molar-refractivity contribution >= 4 is 12.1 Å². The summed E-state index contributed by atoms with van der Waals surface area (Å²) in [7, 11) is 1.28. The van der Waals surface area contributed by atoms with E-state index in [-0.39, 0.29) is 0 Å². The van der Waals surface area contributed by atoms with E-state index in [1.54, 1.807) is 20.8 Å². The second kappa shape index (κ2) is 4.06. The number of carbonyl (C=O) groups is 2. The lowest BCUT2D eigenvalue weighted by molar-refractivity contribution is -0.149. The molecular weight excluding hydrogens is 200 g/mol. The third-order valence-electron chi connectivity index (χ3n) is 1.80. The number of rotatable bonds is 2. The number of nitrogens with zero attached hydrogens (tertiary/aromatic N) is 1. The fourth-order valence-electron chi connectivity index (χ4n) is 0.663. The van der Waals surface area contributed by atoms with Crippen molar-refractivity contribution in [1.82, 2.24) is 4.90 Å². The molecule has 0 spiro atoms. The standard InChI is InChI=1S/C9H18N2O4/c1-8(2,3)15-7(14)11(5)9(4,10)6(12)13/h10H2,1-5H3,(H,12,13)/t9-/m0/s1. The Balaban J connectivity index is 4.66. The van der Waals surface area contributed by atoms with Crippen LogP contribution in [0, 0.1) is 0 Å². The summed E-state index contributed by atoms with van der Waals surface area (Å²) in [5.41, 5.74) is 2.99. The van der Waals surface area contributed by atoms with Gasteiger partial charge in [0.25, 0.3) is 0 Å². The summed E-state index contributed by atoms with van der Waals surface area (Å²) < 4.78 is 4.98. The first-order valence-electron chi connectivity index (χ1n) is 4.47. The monoisotopic (exact) mass is 218 g/mol. The minimum Gasteiger partial charge on any atom is -0.478 e. The van der Waals surface area contributed by atoms with Crippen molar-refractivity contribution in [3.63, 3.8) is 0 Å². The molecule has 88 valence electrons. The lowest BCUT2D eigenvalue weighted by Crippen LogP contribution is -2.60. The molecule has 0 aliphatic carbocycles. The topological polar surface area (TPSA) is 92.9 Å². The molecule has 0 aromatic heterocycles. The highest BCUT2D eigenvalue weighted by Crippen LogP contribution is 2.13. The van der Waals surface area contributed by atoms with Gasteiger partial charge >= 0.3 is 12.1 Å². The summed E-state index contributed by atoms with van der Waals surface area (Å²) >= 11 is 0. The Morgan fingerprint density at radius 2 is 1.67 bits per heavy atom. The molecule has 0 radical (unpaired) electrons. The maximum atomic E-state index is 11.5. The van der Waals surface area contributed by atoms with Gasteiger partial charge in [-0.15, -0.1) is 0 Å². The minimum absolute atomic E-state index is 0.681. The molecule has 0 rings (SSSR count). The summed E-state index contributed by atoms with van der Waals surface area (Å²) in [5.74, 6) is -1.30. The zero-order chi connectivity index (χ0) is 12.4. The fourth-order valence-corrected chi connectivity index (χ4v) is 0.663. The quantitative estimate of drug-likeness (QED) is 0.662. The number of amides is 1. The Labute approximate surface area is 89.0 Å². The molecule has 0 aromatic carbocycles. The zero-order valence-corrected chi connectivity index (χ0v) is 9.70. The Hall–Kier alpha value is -1.30. The molecule has 0 saturated heterocycles. The summed E-state index contributed by atoms with van der Waals surface area (Å²) in [6.07, 6.45) is -0.769. The third kappa shape index (κ3) is 3.75. The van der Waals surface area contributed by atoms with Crippen molar-refractivity contribution in [2.75, 3.05) is 7.05 Å². The number of carbonyl (C=O) groups excluding carboxylic acids is 1. The lowest BCUT2D eigenvalue weighted by atomic mass is 10.2. The first-order valence-corrected chi connectivity index (χ1v) is 4.47. The Bertz CT molecular complexity index is 268. The van der Waals surface area contributed by atoms with Gasteiger partial charge in [-0.2, -0.15) is 0 Å². The highest BCUT2D eigenvalue weighted by molar-refractivity contribution is 5.83. The van der Waals surface area contributed by atoms with Crippen LogP contribution in [0.25, 0.3) is 0 Å². The summed E-state index contributed by atoms with van der Waals surface area (Å²) in [6.45, 7) is 6.29. The number of carboxylic acid groups (broad SMARTS) is 1. The number of ether oxygens (including phenoxy) is 1. The van der Waals surface area contributed by atoms with Gasteiger partial charge in [-0.25, -0.2) is 9.59 Å². The first kappa shape index (κ1) is 13.7. The molecule has 0 aliphatic heterocycles. The van der Waals surface area contributed by atoms with Crippen LogP contribution in [-0.4, -0.2) is 40.4 Å². The third-order valence-corrected chi connectivity index (χ3v) is 1.80. The molecule has 6 heteroatoms. The molecule has 0 unspecified atom stereocenters. The molecule has 0 aromatic rings. The van der Waals surface area contributed by atoms with Gasteiger partial charge in [-0.1, -0.05) is 0 Å². The van der Waals surface area contributed by atoms with E-state index in [4.69, 9.17) is 15.6 Å². The van der Waals surface area contributed by atoms with Crippen molar-refractivity contribution in [3.05, 3.63) is 0 Å². The van der Waals surface area contributed by atoms with Gasteiger partial charge in [0, 0.05) is 7.05 Å². The molecule has 0 aliphatic rings. The molecular formula is C9H18N2O4. The number of nitrogens with two attached hydrogens (primary N) is 1. The predicted octanol–water partition coefficient (Wildman–Crippen LogP) is 0.613. The number of hydrogen-bond acceptors (Lipinski definition) is 4. The van der Waals surface area contributed by atoms with E-state index in [1.807, 2.05) is 0 Å². The summed E-state index contributed by atoms with van der Waals surface area (Å²) in [5, 5.41) is 8.78. The molecule has 0 saturated carbocycles. The second-order valence-corrected chi connectivity index (χ2v) is 4.49. The molecule has 0 heterocycles. The van der Waals surface area contributed by atoms with Crippen LogP contribution in [0.4, 0.5) is 4.79 Å². The van der Waals surface area contributed by atoms with Crippen molar-refractivity contribution in [2.24, 2.45) is 5.73 Å². The van der Waals surface area contributed by atoms with Crippen molar-refractivity contribution < 1.29 is 19.4 Å². The number of likely N-dealkylation sites (N-methyl/N-ethyl adjacent to an activating group) is 1. The van der Waals surface area contributed by atoms with Crippen LogP contribution < -0.4 is 5.73 Å². The lowest BCUT2D eigenvalue weighted by Gasteiger charge is -2.32. The van der Waals surface area contributed by atoms with Gasteiger partial charge in [-0.3, -0.25) is 10.6 Å². The Morgan fingerprint density at radius 1 is 1.27 bits per heavy atom. The maximum absolute atomic E-state index is 11.5. The van der Waals surface area contributed by atoms with Crippen LogP contribution in [0.1, 0.15) is 27.7 Å². The molecule has 3 N–H and O–H groups in total. The highest BCUT2D eigenvalue weighted by atomic mass is 16.6. The van der Waals surface area contributed by atoms with Gasteiger partial charge in [0.05, 0.1) is 0 Å². The average Bonchev–Trinajstić information content (AvgIpc) is 1.99. The fraction of sp³-hybridized carbons (Fsp3) is 0.778. The first-order chi connectivity index (χ1) is 6.48. The Kier molecular flexibility index (Phi) is 3.71. The van der Waals surface area contributed by atoms with Crippen molar-refractivity contribution in [3.8, 4) is 0 Å². The molecule has 15 heavy (non-hydrogen) atoms. The van der Waals surface area contributed by atoms with Crippen LogP contribution in [-0.2, 0) is 9.53 Å².